The molecule has 1 fully saturated rings. The first-order valence-electron chi connectivity index (χ1n) is 7.87. The number of aliphatic hydroxyl groups excluding tert-OH is 1. The largest absolute Gasteiger partial charge is 0.494 e. The van der Waals surface area contributed by atoms with Gasteiger partial charge in [0.25, 0.3) is 0 Å². The van der Waals surface area contributed by atoms with Crippen LogP contribution in [0.3, 0.4) is 0 Å². The van der Waals surface area contributed by atoms with Gasteiger partial charge in [0.2, 0.25) is 0 Å². The third kappa shape index (κ3) is 4.22. The van der Waals surface area contributed by atoms with Crippen LogP contribution in [0.4, 0.5) is 0 Å². The van der Waals surface area contributed by atoms with Gasteiger partial charge in [0, 0.05) is 12.1 Å². The minimum atomic E-state index is -0.196. The molecule has 0 heterocycles. The van der Waals surface area contributed by atoms with Crippen molar-refractivity contribution in [1.29, 1.82) is 0 Å². The monoisotopic (exact) mass is 277 g/mol. The molecular formula is C17H27NO2. The molecule has 0 amide bonds. The summed E-state index contributed by atoms with van der Waals surface area (Å²) in [6.45, 7) is 5.03. The zero-order chi connectivity index (χ0) is 14.4. The number of ether oxygens (including phenoxy) is 1. The maximum atomic E-state index is 10.0. The summed E-state index contributed by atoms with van der Waals surface area (Å²) in [7, 11) is 0. The van der Waals surface area contributed by atoms with Gasteiger partial charge in [-0.15, -0.1) is 0 Å². The number of rotatable bonds is 6. The van der Waals surface area contributed by atoms with Gasteiger partial charge in [0.05, 0.1) is 12.7 Å². The summed E-state index contributed by atoms with van der Waals surface area (Å²) in [5, 5.41) is 13.6. The quantitative estimate of drug-likeness (QED) is 0.837. The molecule has 1 aliphatic carbocycles. The lowest BCUT2D eigenvalue weighted by molar-refractivity contribution is 0.0860. The minimum absolute atomic E-state index is 0.196. The summed E-state index contributed by atoms with van der Waals surface area (Å²) < 4.78 is 5.60. The van der Waals surface area contributed by atoms with Crippen molar-refractivity contribution in [2.75, 3.05) is 6.61 Å². The van der Waals surface area contributed by atoms with Gasteiger partial charge in [-0.3, -0.25) is 0 Å². The highest BCUT2D eigenvalue weighted by atomic mass is 16.5. The second-order valence-electron chi connectivity index (χ2n) is 5.76. The van der Waals surface area contributed by atoms with Crippen molar-refractivity contribution in [2.24, 2.45) is 0 Å². The molecule has 0 spiro atoms. The Morgan fingerprint density at radius 3 is 2.60 bits per heavy atom. The van der Waals surface area contributed by atoms with Crippen LogP contribution in [-0.2, 0) is 0 Å². The van der Waals surface area contributed by atoms with Crippen LogP contribution < -0.4 is 10.1 Å². The lowest BCUT2D eigenvalue weighted by Crippen LogP contribution is -2.43. The smallest absolute Gasteiger partial charge is 0.119 e. The Hall–Kier alpha value is -1.06. The zero-order valence-corrected chi connectivity index (χ0v) is 12.6. The predicted molar refractivity (Wildman–Crippen MR) is 82.0 cm³/mol. The molecule has 1 aromatic rings. The fraction of sp³-hybridized carbons (Fsp3) is 0.647. The van der Waals surface area contributed by atoms with Crippen molar-refractivity contribution in [1.82, 2.24) is 5.32 Å². The first kappa shape index (κ1) is 15.3. The molecular weight excluding hydrogens is 250 g/mol. The molecule has 0 aliphatic heterocycles. The Bertz CT molecular complexity index is 390. The van der Waals surface area contributed by atoms with Crippen LogP contribution in [0.25, 0.3) is 0 Å². The maximum Gasteiger partial charge on any atom is 0.119 e. The van der Waals surface area contributed by atoms with Crippen LogP contribution in [0.2, 0.25) is 0 Å². The molecule has 0 radical (unpaired) electrons. The summed E-state index contributed by atoms with van der Waals surface area (Å²) in [4.78, 5) is 0. The van der Waals surface area contributed by atoms with Crippen LogP contribution in [0.1, 0.15) is 57.6 Å². The van der Waals surface area contributed by atoms with E-state index in [1.54, 1.807) is 0 Å². The predicted octanol–water partition coefficient (Wildman–Crippen LogP) is 3.43. The third-order valence-electron chi connectivity index (χ3n) is 4.05. The second-order valence-corrected chi connectivity index (χ2v) is 5.76. The minimum Gasteiger partial charge on any atom is -0.494 e. The number of benzene rings is 1. The van der Waals surface area contributed by atoms with Crippen LogP contribution in [-0.4, -0.2) is 23.9 Å². The number of hydrogen-bond acceptors (Lipinski definition) is 3. The standard InChI is InChI=1S/C17H27NO2/c1-3-12-20-15-10-8-14(9-11-15)13(2)18-16-6-4-5-7-17(16)19/h8-11,13,16-19H,3-7,12H2,1-2H3. The van der Waals surface area contributed by atoms with E-state index in [0.29, 0.717) is 0 Å². The lowest BCUT2D eigenvalue weighted by atomic mass is 9.91. The first-order valence-corrected chi connectivity index (χ1v) is 7.87. The van der Waals surface area contributed by atoms with Crippen LogP contribution >= 0.6 is 0 Å². The molecule has 0 aromatic heterocycles. The molecule has 2 rings (SSSR count). The van der Waals surface area contributed by atoms with Crippen LogP contribution in [0, 0.1) is 0 Å². The van der Waals surface area contributed by atoms with E-state index < -0.39 is 0 Å². The summed E-state index contributed by atoms with van der Waals surface area (Å²) in [6, 6.07) is 8.76. The average molecular weight is 277 g/mol. The lowest BCUT2D eigenvalue weighted by Gasteiger charge is -2.31. The topological polar surface area (TPSA) is 41.5 Å². The van der Waals surface area contributed by atoms with Gasteiger partial charge in [-0.05, 0) is 43.9 Å². The van der Waals surface area contributed by atoms with E-state index in [9.17, 15) is 5.11 Å². The molecule has 3 heteroatoms. The number of nitrogens with one attached hydrogen (secondary N) is 1. The van der Waals surface area contributed by atoms with Crippen molar-refractivity contribution in [3.63, 3.8) is 0 Å². The Morgan fingerprint density at radius 1 is 1.25 bits per heavy atom. The van der Waals surface area contributed by atoms with Crippen LogP contribution in [0.15, 0.2) is 24.3 Å². The normalized spacial score (nSPS) is 24.4. The first-order chi connectivity index (χ1) is 9.70. The van der Waals surface area contributed by atoms with E-state index in [1.807, 2.05) is 12.1 Å². The van der Waals surface area contributed by atoms with E-state index in [2.05, 4.69) is 31.3 Å². The van der Waals surface area contributed by atoms with Crippen molar-refractivity contribution in [2.45, 2.75) is 64.1 Å². The summed E-state index contributed by atoms with van der Waals surface area (Å²) in [5.41, 5.74) is 1.24. The third-order valence-corrected chi connectivity index (χ3v) is 4.05. The molecule has 112 valence electrons. The Morgan fingerprint density at radius 2 is 1.95 bits per heavy atom. The van der Waals surface area contributed by atoms with Crippen molar-refractivity contribution in [3.8, 4) is 5.75 Å². The van der Waals surface area contributed by atoms with E-state index in [1.165, 1.54) is 12.0 Å². The number of aliphatic hydroxyl groups is 1. The van der Waals surface area contributed by atoms with Crippen LogP contribution in [0.5, 0.6) is 5.75 Å². The summed E-state index contributed by atoms with van der Waals surface area (Å²) in [5.74, 6) is 0.931. The second kappa shape index (κ2) is 7.65. The molecule has 0 saturated heterocycles. The molecule has 20 heavy (non-hydrogen) atoms. The van der Waals surface area contributed by atoms with Crippen molar-refractivity contribution < 1.29 is 9.84 Å². The fourth-order valence-corrected chi connectivity index (χ4v) is 2.80. The molecule has 3 atom stereocenters. The van der Waals surface area contributed by atoms with Gasteiger partial charge in [-0.2, -0.15) is 0 Å². The molecule has 2 N–H and O–H groups in total. The van der Waals surface area contributed by atoms with Gasteiger partial charge in [-0.25, -0.2) is 0 Å². The van der Waals surface area contributed by atoms with Crippen molar-refractivity contribution in [3.05, 3.63) is 29.8 Å². The molecule has 3 unspecified atom stereocenters. The van der Waals surface area contributed by atoms with Gasteiger partial charge in [0.15, 0.2) is 0 Å². The van der Waals surface area contributed by atoms with Gasteiger partial charge in [-0.1, -0.05) is 31.9 Å². The van der Waals surface area contributed by atoms with E-state index >= 15 is 0 Å². The van der Waals surface area contributed by atoms with Gasteiger partial charge >= 0.3 is 0 Å². The number of hydrogen-bond donors (Lipinski definition) is 2. The Kier molecular flexibility index (Phi) is 5.86. The maximum absolute atomic E-state index is 10.0. The highest BCUT2D eigenvalue weighted by molar-refractivity contribution is 5.29. The highest BCUT2D eigenvalue weighted by Crippen LogP contribution is 2.23. The SMILES string of the molecule is CCCOc1ccc(C(C)NC2CCCCC2O)cc1. The van der Waals surface area contributed by atoms with Gasteiger partial charge < -0.3 is 15.2 Å². The zero-order valence-electron chi connectivity index (χ0n) is 12.6. The molecule has 1 aliphatic rings. The Labute approximate surface area is 122 Å². The molecule has 1 saturated carbocycles. The van der Waals surface area contributed by atoms with E-state index in [0.717, 1.165) is 38.0 Å². The Balaban J connectivity index is 1.89. The fourth-order valence-electron chi connectivity index (χ4n) is 2.80. The van der Waals surface area contributed by atoms with E-state index in [-0.39, 0.29) is 18.2 Å². The van der Waals surface area contributed by atoms with Gasteiger partial charge in [0.1, 0.15) is 5.75 Å². The highest BCUT2D eigenvalue weighted by Gasteiger charge is 2.24. The molecule has 0 bridgehead atoms. The molecule has 1 aromatic carbocycles. The van der Waals surface area contributed by atoms with Crippen molar-refractivity contribution >= 4 is 0 Å². The van der Waals surface area contributed by atoms with E-state index in [4.69, 9.17) is 4.74 Å². The molecule has 3 nitrogen and oxygen atoms in total. The average Bonchev–Trinajstić information content (AvgIpc) is 2.48. The summed E-state index contributed by atoms with van der Waals surface area (Å²) >= 11 is 0. The summed E-state index contributed by atoms with van der Waals surface area (Å²) in [6.07, 6.45) is 5.19.